The number of hydrogen-bond donors (Lipinski definition) is 1. The van der Waals surface area contributed by atoms with Crippen LogP contribution in [0.2, 0.25) is 0 Å². The Balaban J connectivity index is 1.88. The summed E-state index contributed by atoms with van der Waals surface area (Å²) < 4.78 is 2.21. The van der Waals surface area contributed by atoms with Crippen molar-refractivity contribution in [2.75, 3.05) is 5.32 Å². The first-order chi connectivity index (χ1) is 9.69. The summed E-state index contributed by atoms with van der Waals surface area (Å²) in [5.74, 6) is 2.65. The van der Waals surface area contributed by atoms with Crippen molar-refractivity contribution in [1.29, 1.82) is 0 Å². The van der Waals surface area contributed by atoms with Crippen LogP contribution >= 0.6 is 11.3 Å². The largest absolute Gasteiger partial charge is 0.379 e. The molecule has 1 aromatic carbocycles. The Labute approximate surface area is 122 Å². The van der Waals surface area contributed by atoms with E-state index >= 15 is 0 Å². The normalized spacial score (nSPS) is 10.7. The number of fused-ring (bicyclic) bond motifs is 1. The third-order valence-electron chi connectivity index (χ3n) is 3.32. The van der Waals surface area contributed by atoms with Gasteiger partial charge in [0.05, 0.1) is 17.9 Å². The van der Waals surface area contributed by atoms with Crippen molar-refractivity contribution < 1.29 is 0 Å². The van der Waals surface area contributed by atoms with Gasteiger partial charge in [0.1, 0.15) is 0 Å². The van der Waals surface area contributed by atoms with Crippen molar-refractivity contribution in [3.05, 3.63) is 52.3 Å². The standard InChI is InChI=1S/C16H15N3S/c1-4-13-6-5-7-14(8-13)17-9-15-12(3)18-16-19(15)11(2)10-20-16/h1,5-8,10,17H,9H2,2-3H3. The van der Waals surface area contributed by atoms with Gasteiger partial charge < -0.3 is 5.32 Å². The van der Waals surface area contributed by atoms with Gasteiger partial charge in [0.2, 0.25) is 0 Å². The van der Waals surface area contributed by atoms with Crippen molar-refractivity contribution in [2.45, 2.75) is 20.4 Å². The lowest BCUT2D eigenvalue weighted by molar-refractivity contribution is 0.966. The van der Waals surface area contributed by atoms with Gasteiger partial charge in [0, 0.05) is 22.3 Å². The summed E-state index contributed by atoms with van der Waals surface area (Å²) in [6, 6.07) is 7.89. The van der Waals surface area contributed by atoms with Crippen LogP contribution in [0.5, 0.6) is 0 Å². The zero-order chi connectivity index (χ0) is 14.1. The molecule has 2 aromatic heterocycles. The number of aromatic nitrogens is 2. The van der Waals surface area contributed by atoms with Gasteiger partial charge in [-0.05, 0) is 32.0 Å². The lowest BCUT2D eigenvalue weighted by Crippen LogP contribution is -2.04. The van der Waals surface area contributed by atoms with Gasteiger partial charge in [-0.1, -0.05) is 12.0 Å². The summed E-state index contributed by atoms with van der Waals surface area (Å²) in [4.78, 5) is 5.64. The van der Waals surface area contributed by atoms with E-state index < -0.39 is 0 Å². The number of imidazole rings is 1. The maximum atomic E-state index is 5.42. The topological polar surface area (TPSA) is 29.3 Å². The number of aryl methyl sites for hydroxylation is 2. The number of terminal acetylenes is 1. The molecule has 0 bridgehead atoms. The summed E-state index contributed by atoms with van der Waals surface area (Å²) in [6.45, 7) is 4.89. The predicted octanol–water partition coefficient (Wildman–Crippen LogP) is 3.61. The van der Waals surface area contributed by atoms with Crippen LogP contribution in [0.25, 0.3) is 4.96 Å². The molecule has 3 rings (SSSR count). The van der Waals surface area contributed by atoms with Gasteiger partial charge in [-0.3, -0.25) is 4.40 Å². The highest BCUT2D eigenvalue weighted by Crippen LogP contribution is 2.21. The molecular weight excluding hydrogens is 266 g/mol. The fourth-order valence-corrected chi connectivity index (χ4v) is 3.21. The monoisotopic (exact) mass is 281 g/mol. The summed E-state index contributed by atoms with van der Waals surface area (Å²) in [7, 11) is 0. The molecule has 0 fully saturated rings. The van der Waals surface area contributed by atoms with E-state index in [2.05, 4.69) is 32.9 Å². The van der Waals surface area contributed by atoms with E-state index in [0.29, 0.717) is 0 Å². The first-order valence-corrected chi connectivity index (χ1v) is 7.29. The highest BCUT2D eigenvalue weighted by atomic mass is 32.1. The Bertz CT molecular complexity index is 805. The third-order valence-corrected chi connectivity index (χ3v) is 4.26. The number of benzene rings is 1. The molecule has 100 valence electrons. The maximum absolute atomic E-state index is 5.42. The molecule has 0 saturated heterocycles. The van der Waals surface area contributed by atoms with Crippen molar-refractivity contribution in [1.82, 2.24) is 9.38 Å². The number of nitrogens with zero attached hydrogens (tertiary/aromatic N) is 2. The zero-order valence-corrected chi connectivity index (χ0v) is 12.3. The number of rotatable bonds is 3. The molecule has 0 spiro atoms. The Hall–Kier alpha value is -2.25. The first-order valence-electron chi connectivity index (χ1n) is 6.41. The molecular formula is C16H15N3S. The highest BCUT2D eigenvalue weighted by Gasteiger charge is 2.11. The number of nitrogens with one attached hydrogen (secondary N) is 1. The molecule has 0 saturated carbocycles. The van der Waals surface area contributed by atoms with Gasteiger partial charge in [-0.25, -0.2) is 4.98 Å². The molecule has 0 aliphatic heterocycles. The van der Waals surface area contributed by atoms with Crippen LogP contribution in [0.4, 0.5) is 5.69 Å². The Kier molecular flexibility index (Phi) is 3.21. The molecule has 0 aliphatic rings. The molecule has 3 aromatic rings. The van der Waals surface area contributed by atoms with Crippen molar-refractivity contribution >= 4 is 22.0 Å². The van der Waals surface area contributed by atoms with Gasteiger partial charge >= 0.3 is 0 Å². The van der Waals surface area contributed by atoms with Gasteiger partial charge in [0.25, 0.3) is 0 Å². The average Bonchev–Trinajstić information content (AvgIpc) is 2.96. The van der Waals surface area contributed by atoms with Crippen LogP contribution in [0.15, 0.2) is 29.6 Å². The zero-order valence-electron chi connectivity index (χ0n) is 11.5. The minimum atomic E-state index is 0.735. The van der Waals surface area contributed by atoms with Crippen molar-refractivity contribution in [3.63, 3.8) is 0 Å². The van der Waals surface area contributed by atoms with Gasteiger partial charge in [-0.2, -0.15) is 0 Å². The molecule has 2 heterocycles. The SMILES string of the molecule is C#Cc1cccc(NCc2c(C)nc3scc(C)n23)c1. The highest BCUT2D eigenvalue weighted by molar-refractivity contribution is 7.15. The van der Waals surface area contributed by atoms with Crippen LogP contribution in [0.1, 0.15) is 22.6 Å². The number of hydrogen-bond acceptors (Lipinski definition) is 3. The molecule has 0 atom stereocenters. The fraction of sp³-hybridized carbons (Fsp3) is 0.188. The summed E-state index contributed by atoms with van der Waals surface area (Å²) >= 11 is 1.67. The smallest absolute Gasteiger partial charge is 0.194 e. The molecule has 4 heteroatoms. The van der Waals surface area contributed by atoms with Crippen LogP contribution < -0.4 is 5.32 Å². The molecule has 0 unspecified atom stereocenters. The van der Waals surface area contributed by atoms with E-state index in [-0.39, 0.29) is 0 Å². The van der Waals surface area contributed by atoms with Gasteiger partial charge in [0.15, 0.2) is 4.96 Å². The second-order valence-electron chi connectivity index (χ2n) is 4.72. The van der Waals surface area contributed by atoms with Crippen LogP contribution in [-0.4, -0.2) is 9.38 Å². The minimum absolute atomic E-state index is 0.735. The first kappa shape index (κ1) is 12.8. The van der Waals surface area contributed by atoms with Crippen LogP contribution in [0, 0.1) is 26.2 Å². The summed E-state index contributed by atoms with van der Waals surface area (Å²) in [6.07, 6.45) is 5.42. The van der Waals surface area contributed by atoms with Gasteiger partial charge in [-0.15, -0.1) is 17.8 Å². The summed E-state index contributed by atoms with van der Waals surface area (Å²) in [5.41, 5.74) is 5.41. The summed E-state index contributed by atoms with van der Waals surface area (Å²) in [5, 5.41) is 5.55. The van der Waals surface area contributed by atoms with Crippen LogP contribution in [-0.2, 0) is 6.54 Å². The molecule has 1 N–H and O–H groups in total. The predicted molar refractivity (Wildman–Crippen MR) is 84.2 cm³/mol. The average molecular weight is 281 g/mol. The van der Waals surface area contributed by atoms with Crippen LogP contribution in [0.3, 0.4) is 0 Å². The van der Waals surface area contributed by atoms with E-state index in [1.165, 1.54) is 11.4 Å². The lowest BCUT2D eigenvalue weighted by Gasteiger charge is -2.08. The number of anilines is 1. The van der Waals surface area contributed by atoms with E-state index in [1.54, 1.807) is 11.3 Å². The van der Waals surface area contributed by atoms with E-state index in [9.17, 15) is 0 Å². The fourth-order valence-electron chi connectivity index (χ4n) is 2.28. The lowest BCUT2D eigenvalue weighted by atomic mass is 10.2. The second kappa shape index (κ2) is 5.03. The third kappa shape index (κ3) is 2.17. The molecule has 3 nitrogen and oxygen atoms in total. The maximum Gasteiger partial charge on any atom is 0.194 e. The Morgan fingerprint density at radius 2 is 2.25 bits per heavy atom. The minimum Gasteiger partial charge on any atom is -0.379 e. The van der Waals surface area contributed by atoms with E-state index in [0.717, 1.165) is 28.5 Å². The molecule has 0 amide bonds. The Morgan fingerprint density at radius 1 is 1.40 bits per heavy atom. The Morgan fingerprint density at radius 3 is 3.05 bits per heavy atom. The van der Waals surface area contributed by atoms with E-state index in [1.807, 2.05) is 31.2 Å². The molecule has 0 aliphatic carbocycles. The molecule has 0 radical (unpaired) electrons. The second-order valence-corrected chi connectivity index (χ2v) is 5.55. The van der Waals surface area contributed by atoms with Crippen molar-refractivity contribution in [2.24, 2.45) is 0 Å². The van der Waals surface area contributed by atoms with E-state index in [4.69, 9.17) is 6.42 Å². The van der Waals surface area contributed by atoms with Crippen molar-refractivity contribution in [3.8, 4) is 12.3 Å². The molecule has 20 heavy (non-hydrogen) atoms. The number of thiazole rings is 1. The quantitative estimate of drug-likeness (QED) is 0.743.